The van der Waals surface area contributed by atoms with Crippen molar-refractivity contribution in [1.82, 2.24) is 24.8 Å². The van der Waals surface area contributed by atoms with Gasteiger partial charge in [0.2, 0.25) is 10.8 Å². The number of fused-ring (bicyclic) bond motifs is 2. The number of furan rings is 1. The first kappa shape index (κ1) is 14.1. The van der Waals surface area contributed by atoms with Gasteiger partial charge in [0.15, 0.2) is 0 Å². The van der Waals surface area contributed by atoms with Gasteiger partial charge in [0, 0.05) is 5.39 Å². The highest BCUT2D eigenvalue weighted by Gasteiger charge is 2.14. The molecule has 0 saturated carbocycles. The van der Waals surface area contributed by atoms with E-state index in [9.17, 15) is 0 Å². The van der Waals surface area contributed by atoms with Crippen LogP contribution in [0, 0.1) is 0 Å². The molecule has 0 fully saturated rings. The highest BCUT2D eigenvalue weighted by atomic mass is 32.1. The lowest BCUT2D eigenvalue weighted by atomic mass is 10.2. The van der Waals surface area contributed by atoms with Crippen LogP contribution in [0.4, 0.5) is 0 Å². The molecule has 0 aliphatic heterocycles. The predicted molar refractivity (Wildman–Crippen MR) is 97.0 cm³/mol. The largest absolute Gasteiger partial charge is 0.465 e. The van der Waals surface area contributed by atoms with Crippen molar-refractivity contribution in [2.75, 3.05) is 0 Å². The van der Waals surface area contributed by atoms with Crippen LogP contribution >= 0.6 is 11.3 Å². The maximum Gasteiger partial charge on any atom is 0.235 e. The Hall–Kier alpha value is -3.32. The van der Waals surface area contributed by atoms with E-state index in [0.29, 0.717) is 5.82 Å². The maximum absolute atomic E-state index is 5.29. The van der Waals surface area contributed by atoms with Crippen LogP contribution < -0.4 is 0 Å². The molecule has 5 rings (SSSR count). The van der Waals surface area contributed by atoms with Gasteiger partial charge in [-0.15, -0.1) is 10.2 Å². The minimum absolute atomic E-state index is 0.634. The van der Waals surface area contributed by atoms with Gasteiger partial charge in [-0.3, -0.25) is 0 Å². The Morgan fingerprint density at radius 3 is 2.84 bits per heavy atom. The molecule has 0 aliphatic carbocycles. The van der Waals surface area contributed by atoms with Gasteiger partial charge in [-0.25, -0.2) is 4.98 Å². The molecule has 0 unspecified atom stereocenters. The summed E-state index contributed by atoms with van der Waals surface area (Å²) < 4.78 is 7.02. The number of hydrogen-bond donors (Lipinski definition) is 0. The summed E-state index contributed by atoms with van der Waals surface area (Å²) in [5.74, 6) is 1.41. The summed E-state index contributed by atoms with van der Waals surface area (Å²) in [6.07, 6.45) is 5.41. The fraction of sp³-hybridized carbons (Fsp3) is 0. The average molecular weight is 345 g/mol. The molecule has 7 heteroatoms. The smallest absolute Gasteiger partial charge is 0.235 e. The number of para-hydroxylation sites is 1. The zero-order chi connectivity index (χ0) is 16.6. The summed E-state index contributed by atoms with van der Waals surface area (Å²) in [6.45, 7) is 0. The molecule has 25 heavy (non-hydrogen) atoms. The van der Waals surface area contributed by atoms with Crippen molar-refractivity contribution in [3.63, 3.8) is 0 Å². The minimum Gasteiger partial charge on any atom is -0.465 e. The Labute approximate surface area is 146 Å². The van der Waals surface area contributed by atoms with Gasteiger partial charge in [0.05, 0.1) is 11.8 Å². The second kappa shape index (κ2) is 5.64. The SMILES string of the molecule is C(=Cc1nn2c(-c3ccc4ccccc4n3)nnc2s1)c1ccco1. The number of hydrogen-bond acceptors (Lipinski definition) is 6. The molecule has 0 saturated heterocycles. The average Bonchev–Trinajstić information content (AvgIpc) is 3.36. The molecule has 0 spiro atoms. The molecule has 0 radical (unpaired) electrons. The normalized spacial score (nSPS) is 11.8. The van der Waals surface area contributed by atoms with E-state index in [4.69, 9.17) is 4.42 Å². The molecule has 0 bridgehead atoms. The molecule has 120 valence electrons. The molecule has 0 amide bonds. The van der Waals surface area contributed by atoms with Crippen molar-refractivity contribution in [2.45, 2.75) is 0 Å². The first-order valence-corrected chi connectivity index (χ1v) is 8.48. The second-order valence-electron chi connectivity index (χ2n) is 5.40. The summed E-state index contributed by atoms with van der Waals surface area (Å²) in [7, 11) is 0. The van der Waals surface area contributed by atoms with E-state index in [2.05, 4.69) is 20.3 Å². The summed E-state index contributed by atoms with van der Waals surface area (Å²) in [6, 6.07) is 15.7. The fourth-order valence-corrected chi connectivity index (χ4v) is 3.33. The Morgan fingerprint density at radius 1 is 0.960 bits per heavy atom. The Balaban J connectivity index is 1.56. The summed E-state index contributed by atoms with van der Waals surface area (Å²) in [4.78, 5) is 5.40. The van der Waals surface area contributed by atoms with E-state index < -0.39 is 0 Å². The van der Waals surface area contributed by atoms with Crippen molar-refractivity contribution < 1.29 is 4.42 Å². The van der Waals surface area contributed by atoms with E-state index in [-0.39, 0.29) is 0 Å². The minimum atomic E-state index is 0.634. The monoisotopic (exact) mass is 345 g/mol. The second-order valence-corrected chi connectivity index (χ2v) is 6.38. The number of benzene rings is 1. The van der Waals surface area contributed by atoms with Crippen LogP contribution in [-0.4, -0.2) is 24.8 Å². The van der Waals surface area contributed by atoms with E-state index in [1.807, 2.05) is 60.7 Å². The van der Waals surface area contributed by atoms with Gasteiger partial charge >= 0.3 is 0 Å². The standard InChI is InChI=1S/C18H11N5OS/c1-2-6-14-12(4-1)7-9-15(19-14)17-20-21-18-23(17)22-16(25-18)10-8-13-5-3-11-24-13/h1-11H. The van der Waals surface area contributed by atoms with Crippen molar-refractivity contribution >= 4 is 39.4 Å². The molecule has 0 atom stereocenters. The summed E-state index contributed by atoms with van der Waals surface area (Å²) in [5.41, 5.74) is 1.67. The Morgan fingerprint density at radius 2 is 1.92 bits per heavy atom. The number of rotatable bonds is 3. The van der Waals surface area contributed by atoms with E-state index >= 15 is 0 Å². The summed E-state index contributed by atoms with van der Waals surface area (Å²) >= 11 is 1.46. The van der Waals surface area contributed by atoms with E-state index in [1.165, 1.54) is 11.3 Å². The van der Waals surface area contributed by atoms with Gasteiger partial charge in [0.1, 0.15) is 16.5 Å². The fourth-order valence-electron chi connectivity index (χ4n) is 2.59. The van der Waals surface area contributed by atoms with Crippen molar-refractivity contribution in [3.05, 3.63) is 65.6 Å². The van der Waals surface area contributed by atoms with Crippen molar-refractivity contribution in [3.8, 4) is 11.5 Å². The first-order chi connectivity index (χ1) is 12.4. The quantitative estimate of drug-likeness (QED) is 0.491. The highest BCUT2D eigenvalue weighted by Crippen LogP contribution is 2.23. The van der Waals surface area contributed by atoms with Gasteiger partial charge in [-0.1, -0.05) is 35.6 Å². The van der Waals surface area contributed by atoms with Crippen LogP contribution in [0.25, 0.3) is 39.5 Å². The molecular formula is C18H11N5OS. The predicted octanol–water partition coefficient (Wildman–Crippen LogP) is 4.16. The topological polar surface area (TPSA) is 69.1 Å². The van der Waals surface area contributed by atoms with Crippen LogP contribution in [0.5, 0.6) is 0 Å². The Kier molecular flexibility index (Phi) is 3.17. The third kappa shape index (κ3) is 2.50. The Bertz CT molecular complexity index is 1200. The highest BCUT2D eigenvalue weighted by molar-refractivity contribution is 7.17. The molecule has 0 aliphatic rings. The third-order valence-electron chi connectivity index (χ3n) is 3.77. The number of aromatic nitrogens is 5. The van der Waals surface area contributed by atoms with Gasteiger partial charge in [-0.05, 0) is 36.4 Å². The lowest BCUT2D eigenvalue weighted by Gasteiger charge is -1.99. The van der Waals surface area contributed by atoms with Crippen LogP contribution in [0.15, 0.2) is 59.2 Å². The third-order valence-corrected chi connectivity index (χ3v) is 4.63. The van der Waals surface area contributed by atoms with Gasteiger partial charge < -0.3 is 4.42 Å². The van der Waals surface area contributed by atoms with Crippen molar-refractivity contribution in [1.29, 1.82) is 0 Å². The molecular weight excluding hydrogens is 334 g/mol. The molecule has 5 aromatic rings. The molecule has 0 N–H and O–H groups in total. The van der Waals surface area contributed by atoms with Crippen LogP contribution in [-0.2, 0) is 0 Å². The van der Waals surface area contributed by atoms with Crippen LogP contribution in [0.1, 0.15) is 10.8 Å². The van der Waals surface area contributed by atoms with Crippen LogP contribution in [0.3, 0.4) is 0 Å². The van der Waals surface area contributed by atoms with Crippen molar-refractivity contribution in [2.24, 2.45) is 0 Å². The summed E-state index contributed by atoms with van der Waals surface area (Å²) in [5, 5.41) is 14.9. The zero-order valence-corrected chi connectivity index (χ0v) is 13.7. The maximum atomic E-state index is 5.29. The molecule has 4 heterocycles. The number of pyridine rings is 1. The van der Waals surface area contributed by atoms with Crippen LogP contribution in [0.2, 0.25) is 0 Å². The van der Waals surface area contributed by atoms with Gasteiger partial charge in [0.25, 0.3) is 0 Å². The number of nitrogens with zero attached hydrogens (tertiary/aromatic N) is 5. The molecule has 1 aromatic carbocycles. The first-order valence-electron chi connectivity index (χ1n) is 7.67. The molecule has 4 aromatic heterocycles. The lowest BCUT2D eigenvalue weighted by Crippen LogP contribution is -1.93. The zero-order valence-electron chi connectivity index (χ0n) is 12.9. The van der Waals surface area contributed by atoms with E-state index in [1.54, 1.807) is 10.8 Å². The van der Waals surface area contributed by atoms with E-state index in [0.717, 1.165) is 32.3 Å². The molecule has 6 nitrogen and oxygen atoms in total. The van der Waals surface area contributed by atoms with Gasteiger partial charge in [-0.2, -0.15) is 9.61 Å². The lowest BCUT2D eigenvalue weighted by molar-refractivity contribution is 0.557.